The van der Waals surface area contributed by atoms with Crippen molar-refractivity contribution in [1.29, 1.82) is 0 Å². The molecule has 3 aromatic carbocycles. The van der Waals surface area contributed by atoms with Crippen molar-refractivity contribution in [2.75, 3.05) is 7.11 Å². The second-order valence-electron chi connectivity index (χ2n) is 7.77. The molecule has 0 fully saturated rings. The van der Waals surface area contributed by atoms with Crippen LogP contribution >= 0.6 is 23.2 Å². The Morgan fingerprint density at radius 1 is 1.00 bits per heavy atom. The van der Waals surface area contributed by atoms with Gasteiger partial charge in [-0.25, -0.2) is 4.98 Å². The van der Waals surface area contributed by atoms with E-state index in [2.05, 4.69) is 4.98 Å². The van der Waals surface area contributed by atoms with Crippen molar-refractivity contribution >= 4 is 29.2 Å². The Hall–Kier alpha value is -3.28. The molecule has 0 bridgehead atoms. The molecule has 2 N–H and O–H groups in total. The van der Waals surface area contributed by atoms with Crippen molar-refractivity contribution < 1.29 is 14.6 Å². The van der Waals surface area contributed by atoms with Gasteiger partial charge in [0.25, 0.3) is 0 Å². The lowest BCUT2D eigenvalue weighted by molar-refractivity contribution is -0.138. The zero-order valence-electron chi connectivity index (χ0n) is 18.1. The maximum atomic E-state index is 12.1. The Labute approximate surface area is 202 Å². The lowest BCUT2D eigenvalue weighted by Gasteiger charge is -2.11. The summed E-state index contributed by atoms with van der Waals surface area (Å²) in [5, 5.41) is 10.8. The summed E-state index contributed by atoms with van der Waals surface area (Å²) in [4.78, 5) is 20.2. The summed E-state index contributed by atoms with van der Waals surface area (Å²) >= 11 is 12.4. The average Bonchev–Trinajstić information content (AvgIpc) is 3.24. The fourth-order valence-electron chi connectivity index (χ4n) is 3.68. The highest BCUT2D eigenvalue weighted by Crippen LogP contribution is 2.35. The average molecular weight is 481 g/mol. The number of methoxy groups -OCH3 is 1. The van der Waals surface area contributed by atoms with Crippen LogP contribution in [-0.2, 0) is 11.2 Å². The molecule has 4 rings (SSSR count). The number of carboxylic acids is 1. The molecule has 1 atom stereocenters. The number of imidazole rings is 1. The Kier molecular flexibility index (Phi) is 6.72. The summed E-state index contributed by atoms with van der Waals surface area (Å²) in [6.07, 6.45) is 0.211. The minimum absolute atomic E-state index is 0.211. The van der Waals surface area contributed by atoms with E-state index < -0.39 is 11.9 Å². The fourth-order valence-corrected chi connectivity index (χ4v) is 3.98. The van der Waals surface area contributed by atoms with Crippen LogP contribution in [-0.4, -0.2) is 28.2 Å². The monoisotopic (exact) mass is 480 g/mol. The highest BCUT2D eigenvalue weighted by atomic mass is 35.5. The highest BCUT2D eigenvalue weighted by Gasteiger charge is 2.24. The van der Waals surface area contributed by atoms with E-state index in [9.17, 15) is 9.90 Å². The molecule has 0 radical (unpaired) electrons. The lowest BCUT2D eigenvalue weighted by atomic mass is 9.95. The third-order valence-electron chi connectivity index (χ3n) is 5.50. The van der Waals surface area contributed by atoms with Crippen molar-refractivity contribution in [3.63, 3.8) is 0 Å². The normalized spacial score (nSPS) is 11.9. The number of halogens is 2. The van der Waals surface area contributed by atoms with E-state index in [0.717, 1.165) is 33.7 Å². The first-order valence-corrected chi connectivity index (χ1v) is 11.1. The maximum Gasteiger partial charge on any atom is 0.311 e. The number of carbonyl (C=O) groups is 1. The minimum Gasteiger partial charge on any atom is -0.497 e. The molecule has 0 aliphatic heterocycles. The number of aromatic amines is 1. The topological polar surface area (TPSA) is 75.2 Å². The number of hydrogen-bond acceptors (Lipinski definition) is 3. The van der Waals surface area contributed by atoms with E-state index in [0.29, 0.717) is 21.6 Å². The summed E-state index contributed by atoms with van der Waals surface area (Å²) in [6, 6.07) is 20.4. The second-order valence-corrected chi connectivity index (χ2v) is 8.58. The first-order valence-electron chi connectivity index (χ1n) is 10.3. The zero-order chi connectivity index (χ0) is 23.5. The number of rotatable bonds is 7. The van der Waals surface area contributed by atoms with Crippen LogP contribution in [0.3, 0.4) is 0 Å². The third-order valence-corrected chi connectivity index (χ3v) is 6.24. The van der Waals surface area contributed by atoms with Crippen molar-refractivity contribution in [2.24, 2.45) is 0 Å². The summed E-state index contributed by atoms with van der Waals surface area (Å²) in [5.74, 6) is -0.339. The Balaban J connectivity index is 1.78. The van der Waals surface area contributed by atoms with Crippen LogP contribution in [0.15, 0.2) is 66.7 Å². The molecule has 1 aromatic heterocycles. The largest absolute Gasteiger partial charge is 0.497 e. The lowest BCUT2D eigenvalue weighted by Crippen LogP contribution is -2.15. The number of carboxylic acid groups (broad SMARTS) is 1. The summed E-state index contributed by atoms with van der Waals surface area (Å²) in [5.41, 5.74) is 4.90. The van der Waals surface area contributed by atoms with Crippen LogP contribution in [0.1, 0.15) is 22.9 Å². The summed E-state index contributed by atoms with van der Waals surface area (Å²) < 4.78 is 5.27. The number of nitrogens with one attached hydrogen (secondary N) is 1. The van der Waals surface area contributed by atoms with Crippen LogP contribution in [0.25, 0.3) is 22.5 Å². The first kappa shape index (κ1) is 22.9. The quantitative estimate of drug-likeness (QED) is 0.305. The van der Waals surface area contributed by atoms with Crippen LogP contribution in [0.2, 0.25) is 10.0 Å². The molecule has 0 saturated carbocycles. The van der Waals surface area contributed by atoms with E-state index in [4.69, 9.17) is 32.9 Å². The van der Waals surface area contributed by atoms with Gasteiger partial charge >= 0.3 is 5.97 Å². The van der Waals surface area contributed by atoms with E-state index in [1.54, 1.807) is 19.2 Å². The smallest absolute Gasteiger partial charge is 0.311 e. The van der Waals surface area contributed by atoms with Crippen LogP contribution in [0.5, 0.6) is 5.75 Å². The zero-order valence-corrected chi connectivity index (χ0v) is 19.6. The van der Waals surface area contributed by atoms with Gasteiger partial charge in [-0.15, -0.1) is 0 Å². The molecule has 0 spiro atoms. The minimum atomic E-state index is -0.905. The van der Waals surface area contributed by atoms with Gasteiger partial charge in [0.15, 0.2) is 0 Å². The number of ether oxygens (including phenoxy) is 1. The van der Waals surface area contributed by atoms with Crippen molar-refractivity contribution in [2.45, 2.75) is 19.3 Å². The number of aliphatic carboxylic acids is 1. The van der Waals surface area contributed by atoms with Crippen molar-refractivity contribution in [1.82, 2.24) is 9.97 Å². The van der Waals surface area contributed by atoms with Crippen molar-refractivity contribution in [3.05, 3.63) is 93.7 Å². The molecule has 0 aliphatic carbocycles. The fraction of sp³-hybridized carbons (Fsp3) is 0.154. The molecular weight excluding hydrogens is 459 g/mol. The van der Waals surface area contributed by atoms with Gasteiger partial charge in [0.2, 0.25) is 0 Å². The van der Waals surface area contributed by atoms with E-state index in [1.165, 1.54) is 0 Å². The van der Waals surface area contributed by atoms with Gasteiger partial charge in [-0.2, -0.15) is 0 Å². The molecule has 33 heavy (non-hydrogen) atoms. The molecule has 4 aromatic rings. The summed E-state index contributed by atoms with van der Waals surface area (Å²) in [7, 11) is 1.61. The maximum absolute atomic E-state index is 12.1. The van der Waals surface area contributed by atoms with E-state index in [1.807, 2.05) is 61.5 Å². The van der Waals surface area contributed by atoms with Gasteiger partial charge in [-0.05, 0) is 48.9 Å². The molecule has 1 unspecified atom stereocenters. The van der Waals surface area contributed by atoms with Crippen molar-refractivity contribution in [3.8, 4) is 28.3 Å². The van der Waals surface area contributed by atoms with E-state index in [-0.39, 0.29) is 6.42 Å². The summed E-state index contributed by atoms with van der Waals surface area (Å²) in [6.45, 7) is 1.97. The predicted molar refractivity (Wildman–Crippen MR) is 131 cm³/mol. The number of aryl methyl sites for hydroxylation is 1. The Bertz CT molecular complexity index is 1280. The first-order chi connectivity index (χ1) is 15.9. The highest BCUT2D eigenvalue weighted by molar-refractivity contribution is 6.42. The van der Waals surface area contributed by atoms with Gasteiger partial charge in [-0.3, -0.25) is 4.79 Å². The molecule has 5 nitrogen and oxygen atoms in total. The van der Waals surface area contributed by atoms with Gasteiger partial charge in [0.05, 0.1) is 34.5 Å². The molecule has 1 heterocycles. The number of aromatic nitrogens is 2. The standard InChI is InChI=1S/C26H22Cl2N2O3/c1-15-3-5-16(6-4-15)20(26(31)32)14-23-29-24(17-7-10-19(33-2)11-8-17)25(30-23)18-9-12-21(27)22(28)13-18/h3-13,20H,14H2,1-2H3,(H,29,30)(H,31,32). The number of hydrogen-bond donors (Lipinski definition) is 2. The molecular formula is C26H22Cl2N2O3. The van der Waals surface area contributed by atoms with Crippen LogP contribution < -0.4 is 4.74 Å². The number of H-pyrrole nitrogens is 1. The molecule has 168 valence electrons. The molecule has 0 saturated heterocycles. The third kappa shape index (κ3) is 5.05. The number of nitrogens with zero attached hydrogens (tertiary/aromatic N) is 1. The van der Waals surface area contributed by atoms with Gasteiger partial charge in [0, 0.05) is 17.5 Å². The molecule has 0 aliphatic rings. The molecule has 0 amide bonds. The number of benzene rings is 3. The van der Waals surface area contributed by atoms with Crippen LogP contribution in [0.4, 0.5) is 0 Å². The van der Waals surface area contributed by atoms with Gasteiger partial charge in [0.1, 0.15) is 11.6 Å². The van der Waals surface area contributed by atoms with Gasteiger partial charge in [-0.1, -0.05) is 59.1 Å². The van der Waals surface area contributed by atoms with Gasteiger partial charge < -0.3 is 14.8 Å². The Morgan fingerprint density at radius 3 is 2.27 bits per heavy atom. The second kappa shape index (κ2) is 9.69. The van der Waals surface area contributed by atoms with Crippen LogP contribution in [0, 0.1) is 6.92 Å². The SMILES string of the molecule is COc1ccc(-c2[nH]c(CC(C(=O)O)c3ccc(C)cc3)nc2-c2ccc(Cl)c(Cl)c2)cc1. The predicted octanol–water partition coefficient (Wildman–Crippen LogP) is 6.78. The Morgan fingerprint density at radius 2 is 1.67 bits per heavy atom. The molecule has 7 heteroatoms. The van der Waals surface area contributed by atoms with E-state index >= 15 is 0 Å².